The topological polar surface area (TPSA) is 65.5 Å². The van der Waals surface area contributed by atoms with E-state index in [4.69, 9.17) is 14.2 Å². The maximum absolute atomic E-state index is 12.8. The number of benzene rings is 2. The molecule has 0 radical (unpaired) electrons. The number of methoxy groups -OCH3 is 3. The summed E-state index contributed by atoms with van der Waals surface area (Å²) in [6.07, 6.45) is 1.72. The molecule has 0 amide bonds. The van der Waals surface area contributed by atoms with E-state index < -0.39 is 0 Å². The number of nitrogens with one attached hydrogen (secondary N) is 1. The molecule has 2 aromatic carbocycles. The first-order chi connectivity index (χ1) is 12.6. The SMILES string of the molecule is C=c1[nH]n(-c2ccccc2)c(=O)/c1=C\c1ccc(OC)c(OC)c1OC. The zero-order chi connectivity index (χ0) is 18.7. The lowest BCUT2D eigenvalue weighted by atomic mass is 10.1. The number of rotatable bonds is 5. The molecule has 0 aliphatic heterocycles. The number of H-pyrrole nitrogens is 1. The molecular formula is C20H20N2O4. The van der Waals surface area contributed by atoms with Crippen LogP contribution in [0.2, 0.25) is 0 Å². The van der Waals surface area contributed by atoms with Crippen LogP contribution in [0.15, 0.2) is 47.3 Å². The highest BCUT2D eigenvalue weighted by molar-refractivity contribution is 5.66. The lowest BCUT2D eigenvalue weighted by Crippen LogP contribution is -2.34. The first kappa shape index (κ1) is 17.4. The molecule has 1 heterocycles. The molecule has 0 aliphatic rings. The van der Waals surface area contributed by atoms with E-state index in [1.807, 2.05) is 30.3 Å². The Kier molecular flexibility index (Phi) is 4.84. The summed E-state index contributed by atoms with van der Waals surface area (Å²) >= 11 is 0. The Hall–Kier alpha value is -3.41. The zero-order valence-electron chi connectivity index (χ0n) is 14.9. The van der Waals surface area contributed by atoms with Crippen LogP contribution in [0.25, 0.3) is 18.3 Å². The molecule has 0 spiro atoms. The van der Waals surface area contributed by atoms with Gasteiger partial charge >= 0.3 is 0 Å². The number of ether oxygens (including phenoxy) is 3. The van der Waals surface area contributed by atoms with Crippen molar-refractivity contribution < 1.29 is 14.2 Å². The molecule has 0 fully saturated rings. The van der Waals surface area contributed by atoms with Crippen molar-refractivity contribution in [3.05, 3.63) is 68.9 Å². The normalized spacial score (nSPS) is 11.4. The van der Waals surface area contributed by atoms with Crippen molar-refractivity contribution >= 4 is 12.7 Å². The first-order valence-electron chi connectivity index (χ1n) is 7.96. The van der Waals surface area contributed by atoms with Crippen LogP contribution in [0, 0.1) is 0 Å². The number of para-hydroxylation sites is 1. The summed E-state index contributed by atoms with van der Waals surface area (Å²) in [7, 11) is 4.63. The maximum atomic E-state index is 12.8. The van der Waals surface area contributed by atoms with Gasteiger partial charge in [-0.15, -0.1) is 0 Å². The second-order valence-electron chi connectivity index (χ2n) is 5.55. The van der Waals surface area contributed by atoms with Crippen LogP contribution in [0.3, 0.4) is 0 Å². The summed E-state index contributed by atoms with van der Waals surface area (Å²) in [5.74, 6) is 1.50. The Morgan fingerprint density at radius 1 is 0.962 bits per heavy atom. The van der Waals surface area contributed by atoms with Gasteiger partial charge < -0.3 is 14.2 Å². The fourth-order valence-electron chi connectivity index (χ4n) is 2.80. The molecule has 0 unspecified atom stereocenters. The Morgan fingerprint density at radius 3 is 2.27 bits per heavy atom. The first-order valence-corrected chi connectivity index (χ1v) is 7.96. The third kappa shape index (κ3) is 2.97. The minimum atomic E-state index is -0.196. The summed E-state index contributed by atoms with van der Waals surface area (Å²) in [6, 6.07) is 12.9. The maximum Gasteiger partial charge on any atom is 0.279 e. The van der Waals surface area contributed by atoms with Gasteiger partial charge in [-0.05, 0) is 30.3 Å². The molecule has 0 atom stereocenters. The summed E-state index contributed by atoms with van der Waals surface area (Å²) < 4.78 is 17.6. The summed E-state index contributed by atoms with van der Waals surface area (Å²) in [6.45, 7) is 3.95. The molecule has 1 N–H and O–H groups in total. The van der Waals surface area contributed by atoms with Crippen molar-refractivity contribution in [1.82, 2.24) is 9.78 Å². The van der Waals surface area contributed by atoms with E-state index in [-0.39, 0.29) is 5.56 Å². The van der Waals surface area contributed by atoms with Crippen molar-refractivity contribution in [2.45, 2.75) is 0 Å². The minimum Gasteiger partial charge on any atom is -0.493 e. The van der Waals surface area contributed by atoms with Crippen LogP contribution in [0.4, 0.5) is 0 Å². The van der Waals surface area contributed by atoms with Crippen molar-refractivity contribution in [1.29, 1.82) is 0 Å². The van der Waals surface area contributed by atoms with Gasteiger partial charge in [0.15, 0.2) is 11.5 Å². The van der Waals surface area contributed by atoms with Crippen molar-refractivity contribution in [3.63, 3.8) is 0 Å². The second-order valence-corrected chi connectivity index (χ2v) is 5.55. The minimum absolute atomic E-state index is 0.196. The molecule has 3 aromatic rings. The summed E-state index contributed by atoms with van der Waals surface area (Å²) in [5, 5.41) is 3.96. The number of aromatic amines is 1. The highest BCUT2D eigenvalue weighted by Gasteiger charge is 2.15. The molecule has 0 bridgehead atoms. The average Bonchev–Trinajstić information content (AvgIpc) is 2.96. The number of aromatic nitrogens is 2. The van der Waals surface area contributed by atoms with Gasteiger partial charge in [0, 0.05) is 5.56 Å². The van der Waals surface area contributed by atoms with Crippen LogP contribution in [-0.2, 0) is 0 Å². The molecule has 26 heavy (non-hydrogen) atoms. The quantitative estimate of drug-likeness (QED) is 0.754. The number of hydrogen-bond acceptors (Lipinski definition) is 4. The van der Waals surface area contributed by atoms with Gasteiger partial charge in [-0.1, -0.05) is 24.8 Å². The van der Waals surface area contributed by atoms with Gasteiger partial charge in [-0.25, -0.2) is 4.68 Å². The lowest BCUT2D eigenvalue weighted by molar-refractivity contribution is 0.324. The van der Waals surface area contributed by atoms with Gasteiger partial charge in [-0.2, -0.15) is 0 Å². The van der Waals surface area contributed by atoms with Gasteiger partial charge in [0.2, 0.25) is 5.75 Å². The van der Waals surface area contributed by atoms with Crippen LogP contribution >= 0.6 is 0 Å². The smallest absolute Gasteiger partial charge is 0.279 e. The highest BCUT2D eigenvalue weighted by atomic mass is 16.5. The molecule has 134 valence electrons. The number of nitrogens with zero attached hydrogens (tertiary/aromatic N) is 1. The molecule has 1 aromatic heterocycles. The third-order valence-electron chi connectivity index (χ3n) is 4.05. The third-order valence-corrected chi connectivity index (χ3v) is 4.05. The molecular weight excluding hydrogens is 332 g/mol. The van der Waals surface area contributed by atoms with Crippen LogP contribution in [0.1, 0.15) is 5.56 Å². The highest BCUT2D eigenvalue weighted by Crippen LogP contribution is 2.39. The second kappa shape index (κ2) is 7.23. The van der Waals surface area contributed by atoms with Gasteiger partial charge in [0.1, 0.15) is 0 Å². The molecule has 0 saturated carbocycles. The molecule has 6 nitrogen and oxygen atoms in total. The van der Waals surface area contributed by atoms with E-state index in [0.29, 0.717) is 33.4 Å². The Balaban J connectivity index is 2.23. The number of hydrogen-bond donors (Lipinski definition) is 1. The Morgan fingerprint density at radius 2 is 1.65 bits per heavy atom. The van der Waals surface area contributed by atoms with Gasteiger partial charge in [0.05, 0.1) is 37.6 Å². The van der Waals surface area contributed by atoms with E-state index in [1.165, 1.54) is 11.8 Å². The van der Waals surface area contributed by atoms with Crippen LogP contribution < -0.4 is 30.3 Å². The predicted octanol–water partition coefficient (Wildman–Crippen LogP) is 1.43. The lowest BCUT2D eigenvalue weighted by Gasteiger charge is -2.13. The van der Waals surface area contributed by atoms with E-state index in [1.54, 1.807) is 32.4 Å². The van der Waals surface area contributed by atoms with E-state index >= 15 is 0 Å². The molecule has 6 heteroatoms. The van der Waals surface area contributed by atoms with Crippen LogP contribution in [0.5, 0.6) is 17.2 Å². The predicted molar refractivity (Wildman–Crippen MR) is 101 cm³/mol. The van der Waals surface area contributed by atoms with E-state index in [2.05, 4.69) is 11.7 Å². The monoisotopic (exact) mass is 352 g/mol. The van der Waals surface area contributed by atoms with Crippen LogP contribution in [-0.4, -0.2) is 31.1 Å². The standard InChI is InChI=1S/C20H20N2O4/c1-13-16(20(23)22(21-13)15-8-6-5-7-9-15)12-14-10-11-17(24-2)19(26-4)18(14)25-3/h5-12,21H,1H2,2-4H3/b16-12-. The molecule has 0 saturated heterocycles. The fourth-order valence-corrected chi connectivity index (χ4v) is 2.80. The Bertz CT molecular complexity index is 1080. The Labute approximate surface area is 150 Å². The average molecular weight is 352 g/mol. The molecule has 3 rings (SSSR count). The van der Waals surface area contributed by atoms with Crippen molar-refractivity contribution in [3.8, 4) is 22.9 Å². The zero-order valence-corrected chi connectivity index (χ0v) is 14.9. The van der Waals surface area contributed by atoms with E-state index in [0.717, 1.165) is 5.69 Å². The van der Waals surface area contributed by atoms with Crippen molar-refractivity contribution in [2.75, 3.05) is 21.3 Å². The summed E-state index contributed by atoms with van der Waals surface area (Å²) in [5.41, 5.74) is 1.23. The molecule has 0 aliphatic carbocycles. The largest absolute Gasteiger partial charge is 0.493 e. The van der Waals surface area contributed by atoms with E-state index in [9.17, 15) is 4.79 Å². The summed E-state index contributed by atoms with van der Waals surface area (Å²) in [4.78, 5) is 12.8. The van der Waals surface area contributed by atoms with Gasteiger partial charge in [0.25, 0.3) is 5.56 Å². The van der Waals surface area contributed by atoms with Gasteiger partial charge in [-0.3, -0.25) is 9.89 Å². The van der Waals surface area contributed by atoms with Crippen molar-refractivity contribution in [2.24, 2.45) is 0 Å². The fraction of sp³-hybridized carbons (Fsp3) is 0.150.